The molecule has 5 heteroatoms. The Morgan fingerprint density at radius 2 is 1.76 bits per heavy atom. The van der Waals surface area contributed by atoms with Crippen molar-refractivity contribution in [3.05, 3.63) is 93.4 Å². The van der Waals surface area contributed by atoms with E-state index < -0.39 is 0 Å². The molecule has 0 saturated carbocycles. The van der Waals surface area contributed by atoms with E-state index in [9.17, 15) is 14.0 Å². The largest absolute Gasteiger partial charge is 0.352 e. The molecule has 1 heterocycles. The van der Waals surface area contributed by atoms with Crippen LogP contribution in [-0.2, 0) is 6.42 Å². The molecule has 2 aromatic carbocycles. The van der Waals surface area contributed by atoms with E-state index in [0.29, 0.717) is 29.0 Å². The van der Waals surface area contributed by atoms with Gasteiger partial charge in [0.25, 0.3) is 5.91 Å². The molecule has 0 fully saturated rings. The molecule has 3 aromatic rings. The maximum Gasteiger partial charge on any atom is 0.252 e. The minimum absolute atomic E-state index is 0.161. The SMILES string of the molecule is O=C(NCCc1cccc(F)c1)c1ccccc1C(=O)c1cccs1. The van der Waals surface area contributed by atoms with Crippen molar-refractivity contribution in [1.82, 2.24) is 5.32 Å². The zero-order chi connectivity index (χ0) is 17.6. The monoisotopic (exact) mass is 353 g/mol. The Bertz CT molecular complexity index is 890. The maximum atomic E-state index is 13.2. The second-order valence-corrected chi connectivity index (χ2v) is 6.44. The van der Waals surface area contributed by atoms with Crippen LogP contribution in [0.2, 0.25) is 0 Å². The number of ketones is 1. The van der Waals surface area contributed by atoms with E-state index in [1.807, 2.05) is 11.4 Å². The first-order chi connectivity index (χ1) is 12.1. The van der Waals surface area contributed by atoms with E-state index in [1.54, 1.807) is 42.5 Å². The van der Waals surface area contributed by atoms with Gasteiger partial charge in [0, 0.05) is 12.1 Å². The number of hydrogen-bond donors (Lipinski definition) is 1. The highest BCUT2D eigenvalue weighted by Gasteiger charge is 2.18. The summed E-state index contributed by atoms with van der Waals surface area (Å²) in [5.41, 5.74) is 1.54. The molecule has 1 amide bonds. The van der Waals surface area contributed by atoms with Gasteiger partial charge in [-0.05, 0) is 41.6 Å². The molecule has 0 aliphatic carbocycles. The Balaban J connectivity index is 1.69. The van der Waals surface area contributed by atoms with Crippen LogP contribution in [-0.4, -0.2) is 18.2 Å². The van der Waals surface area contributed by atoms with E-state index in [1.165, 1.54) is 23.5 Å². The van der Waals surface area contributed by atoms with Crippen LogP contribution in [0.4, 0.5) is 4.39 Å². The first-order valence-electron chi connectivity index (χ1n) is 7.85. The van der Waals surface area contributed by atoms with Crippen molar-refractivity contribution in [3.63, 3.8) is 0 Å². The Morgan fingerprint density at radius 3 is 2.48 bits per heavy atom. The van der Waals surface area contributed by atoms with Gasteiger partial charge in [0.15, 0.2) is 0 Å². The van der Waals surface area contributed by atoms with Gasteiger partial charge in [0.2, 0.25) is 5.78 Å². The molecule has 3 nitrogen and oxygen atoms in total. The molecule has 0 unspecified atom stereocenters. The molecule has 3 rings (SSSR count). The highest BCUT2D eigenvalue weighted by atomic mass is 32.1. The molecule has 0 atom stereocenters. The van der Waals surface area contributed by atoms with Crippen LogP contribution in [0.15, 0.2) is 66.0 Å². The number of halogens is 1. The van der Waals surface area contributed by atoms with E-state index in [4.69, 9.17) is 0 Å². The summed E-state index contributed by atoms with van der Waals surface area (Å²) in [6.07, 6.45) is 0.518. The van der Waals surface area contributed by atoms with E-state index in [2.05, 4.69) is 5.32 Å². The second kappa shape index (κ2) is 7.85. The number of carbonyl (C=O) groups excluding carboxylic acids is 2. The summed E-state index contributed by atoms with van der Waals surface area (Å²) in [7, 11) is 0. The van der Waals surface area contributed by atoms with Crippen LogP contribution < -0.4 is 5.32 Å². The Morgan fingerprint density at radius 1 is 0.960 bits per heavy atom. The minimum Gasteiger partial charge on any atom is -0.352 e. The van der Waals surface area contributed by atoms with Crippen molar-refractivity contribution in [1.29, 1.82) is 0 Å². The van der Waals surface area contributed by atoms with Crippen LogP contribution >= 0.6 is 11.3 Å². The summed E-state index contributed by atoms with van der Waals surface area (Å²) in [4.78, 5) is 25.6. The normalized spacial score (nSPS) is 10.4. The third-order valence-electron chi connectivity index (χ3n) is 3.75. The van der Waals surface area contributed by atoms with Gasteiger partial charge in [0.1, 0.15) is 5.82 Å². The van der Waals surface area contributed by atoms with Gasteiger partial charge in [-0.2, -0.15) is 0 Å². The van der Waals surface area contributed by atoms with Gasteiger partial charge in [-0.3, -0.25) is 9.59 Å². The van der Waals surface area contributed by atoms with Crippen LogP contribution in [0.25, 0.3) is 0 Å². The smallest absolute Gasteiger partial charge is 0.252 e. The lowest BCUT2D eigenvalue weighted by Gasteiger charge is -2.09. The highest BCUT2D eigenvalue weighted by Crippen LogP contribution is 2.18. The lowest BCUT2D eigenvalue weighted by atomic mass is 10.0. The molecule has 0 saturated heterocycles. The van der Waals surface area contributed by atoms with E-state index >= 15 is 0 Å². The summed E-state index contributed by atoms with van der Waals surface area (Å²) < 4.78 is 13.2. The molecule has 0 aliphatic rings. The van der Waals surface area contributed by atoms with Gasteiger partial charge in [0.05, 0.1) is 10.4 Å². The number of hydrogen-bond acceptors (Lipinski definition) is 3. The lowest BCUT2D eigenvalue weighted by molar-refractivity contribution is 0.0943. The predicted molar refractivity (Wildman–Crippen MR) is 96.6 cm³/mol. The second-order valence-electron chi connectivity index (χ2n) is 5.49. The summed E-state index contributed by atoms with van der Waals surface area (Å²) in [5, 5.41) is 4.63. The van der Waals surface area contributed by atoms with Gasteiger partial charge in [-0.15, -0.1) is 11.3 Å². The van der Waals surface area contributed by atoms with Crippen molar-refractivity contribution in [3.8, 4) is 0 Å². The van der Waals surface area contributed by atoms with E-state index in [0.717, 1.165) is 5.56 Å². The summed E-state index contributed by atoms with van der Waals surface area (Å²) in [5.74, 6) is -0.765. The molecule has 0 radical (unpaired) electrons. The zero-order valence-electron chi connectivity index (χ0n) is 13.4. The molecule has 0 spiro atoms. The van der Waals surface area contributed by atoms with Gasteiger partial charge >= 0.3 is 0 Å². The number of carbonyl (C=O) groups is 2. The Kier molecular flexibility index (Phi) is 5.36. The Hall–Kier alpha value is -2.79. The van der Waals surface area contributed by atoms with Crippen LogP contribution in [0, 0.1) is 5.82 Å². The molecule has 25 heavy (non-hydrogen) atoms. The fourth-order valence-corrected chi connectivity index (χ4v) is 3.21. The van der Waals surface area contributed by atoms with Crippen LogP contribution in [0.1, 0.15) is 31.2 Å². The van der Waals surface area contributed by atoms with Crippen LogP contribution in [0.5, 0.6) is 0 Å². The first kappa shape index (κ1) is 17.0. The first-order valence-corrected chi connectivity index (χ1v) is 8.73. The lowest BCUT2D eigenvalue weighted by Crippen LogP contribution is -2.27. The van der Waals surface area contributed by atoms with Crippen LogP contribution in [0.3, 0.4) is 0 Å². The summed E-state index contributed by atoms with van der Waals surface area (Å²) in [6, 6.07) is 16.6. The summed E-state index contributed by atoms with van der Waals surface area (Å²) in [6.45, 7) is 0.365. The molecular formula is C20H16FNO2S. The van der Waals surface area contributed by atoms with E-state index in [-0.39, 0.29) is 17.5 Å². The number of amides is 1. The Labute approximate surface area is 149 Å². The molecule has 1 N–H and O–H groups in total. The highest BCUT2D eigenvalue weighted by molar-refractivity contribution is 7.12. The molecule has 126 valence electrons. The molecule has 0 bridgehead atoms. The average molecular weight is 353 g/mol. The minimum atomic E-state index is -0.308. The van der Waals surface area contributed by atoms with Gasteiger partial charge in [-0.1, -0.05) is 36.4 Å². The molecule has 0 aliphatic heterocycles. The van der Waals surface area contributed by atoms with Crippen molar-refractivity contribution in [2.75, 3.05) is 6.54 Å². The zero-order valence-corrected chi connectivity index (χ0v) is 14.2. The third-order valence-corrected chi connectivity index (χ3v) is 4.62. The topological polar surface area (TPSA) is 46.2 Å². The molecule has 1 aromatic heterocycles. The predicted octanol–water partition coefficient (Wildman–Crippen LogP) is 4.09. The fourth-order valence-electron chi connectivity index (χ4n) is 2.53. The quantitative estimate of drug-likeness (QED) is 0.679. The average Bonchev–Trinajstić information content (AvgIpc) is 3.16. The van der Waals surface area contributed by atoms with Gasteiger partial charge in [-0.25, -0.2) is 4.39 Å². The number of benzene rings is 2. The third kappa shape index (κ3) is 4.19. The number of rotatable bonds is 6. The number of nitrogens with one attached hydrogen (secondary N) is 1. The van der Waals surface area contributed by atoms with Crippen molar-refractivity contribution >= 4 is 23.0 Å². The van der Waals surface area contributed by atoms with Gasteiger partial charge < -0.3 is 5.32 Å². The maximum absolute atomic E-state index is 13.2. The van der Waals surface area contributed by atoms with Crippen molar-refractivity contribution in [2.45, 2.75) is 6.42 Å². The number of thiophene rings is 1. The fraction of sp³-hybridized carbons (Fsp3) is 0.100. The summed E-state index contributed by atoms with van der Waals surface area (Å²) >= 11 is 1.35. The van der Waals surface area contributed by atoms with Crippen molar-refractivity contribution < 1.29 is 14.0 Å². The van der Waals surface area contributed by atoms with Crippen molar-refractivity contribution in [2.24, 2.45) is 0 Å². The standard InChI is InChI=1S/C20H16FNO2S/c21-15-6-3-5-14(13-15)10-11-22-20(24)17-8-2-1-7-16(17)19(23)18-9-4-12-25-18/h1-9,12-13H,10-11H2,(H,22,24). The molecular weight excluding hydrogens is 337 g/mol.